The molecular weight excluding hydrogens is 473 g/mol. The van der Waals surface area contributed by atoms with Gasteiger partial charge in [-0.2, -0.15) is 4.31 Å². The number of halogens is 1. The fourth-order valence-corrected chi connectivity index (χ4v) is 6.00. The number of rotatable bonds is 5. The molecule has 0 bridgehead atoms. The number of nitrogens with zero attached hydrogens (tertiary/aromatic N) is 2. The molecule has 35 heavy (non-hydrogen) atoms. The van der Waals surface area contributed by atoms with Crippen molar-refractivity contribution in [3.63, 3.8) is 0 Å². The first-order chi connectivity index (χ1) is 16.6. The van der Waals surface area contributed by atoms with Crippen molar-refractivity contribution in [3.8, 4) is 0 Å². The zero-order chi connectivity index (χ0) is 25.2. The highest BCUT2D eigenvalue weighted by Crippen LogP contribution is 2.27. The molecule has 1 aliphatic heterocycles. The molecule has 1 saturated heterocycles. The highest BCUT2D eigenvalue weighted by molar-refractivity contribution is 7.89. The summed E-state index contributed by atoms with van der Waals surface area (Å²) in [5.74, 6) is -1.15. The molecule has 2 aromatic rings. The van der Waals surface area contributed by atoms with Crippen molar-refractivity contribution in [1.82, 2.24) is 14.5 Å². The Kier molecular flexibility index (Phi) is 7.39. The van der Waals surface area contributed by atoms with Gasteiger partial charge in [0.2, 0.25) is 10.0 Å². The van der Waals surface area contributed by atoms with E-state index in [1.807, 2.05) is 19.1 Å². The third-order valence-corrected chi connectivity index (χ3v) is 8.33. The van der Waals surface area contributed by atoms with Crippen molar-refractivity contribution >= 4 is 27.6 Å². The van der Waals surface area contributed by atoms with Crippen LogP contribution in [0.1, 0.15) is 31.2 Å². The summed E-state index contributed by atoms with van der Waals surface area (Å²) in [5.41, 5.74) is 7.51. The molecule has 0 aromatic heterocycles. The minimum Gasteiger partial charge on any atom is -0.350 e. The normalized spacial score (nSPS) is 23.2. The molecule has 0 spiro atoms. The van der Waals surface area contributed by atoms with E-state index in [0.29, 0.717) is 18.5 Å². The Morgan fingerprint density at radius 2 is 1.60 bits per heavy atom. The largest absolute Gasteiger partial charge is 0.350 e. The first kappa shape index (κ1) is 25.1. The van der Waals surface area contributed by atoms with Crippen molar-refractivity contribution in [2.24, 2.45) is 5.73 Å². The van der Waals surface area contributed by atoms with Crippen LogP contribution in [-0.4, -0.2) is 60.9 Å². The van der Waals surface area contributed by atoms with Gasteiger partial charge >= 0.3 is 6.03 Å². The number of aryl methyl sites for hydroxylation is 1. The lowest BCUT2D eigenvalue weighted by Gasteiger charge is -2.32. The summed E-state index contributed by atoms with van der Waals surface area (Å²) in [6.07, 6.45) is 1.49. The molecule has 3 amide bonds. The summed E-state index contributed by atoms with van der Waals surface area (Å²) in [6, 6.07) is 10.9. The van der Waals surface area contributed by atoms with E-state index in [2.05, 4.69) is 10.6 Å². The molecule has 2 fully saturated rings. The molecule has 1 saturated carbocycles. The van der Waals surface area contributed by atoms with Gasteiger partial charge in [0.05, 0.1) is 4.90 Å². The van der Waals surface area contributed by atoms with Crippen molar-refractivity contribution in [2.75, 3.05) is 18.4 Å². The Morgan fingerprint density at radius 1 is 0.971 bits per heavy atom. The zero-order valence-corrected chi connectivity index (χ0v) is 20.3. The zero-order valence-electron chi connectivity index (χ0n) is 19.5. The molecule has 1 heterocycles. The van der Waals surface area contributed by atoms with Crippen molar-refractivity contribution in [2.45, 2.75) is 55.8 Å². The standard InChI is InChI=1S/C24H30FN5O4S/c1-16-2-8-20(9-3-16)28-24(32)29-14-15-30(35(33,34)21-12-4-17(25)5-13-21)23(29)22(31)27-19-10-6-18(26)7-11-19/h2-5,8-9,12-13,18-19,23H,6-7,10-11,14-15,26H2,1H3,(H,27,31)(H,28,32). The third-order valence-electron chi connectivity index (χ3n) is 6.47. The van der Waals surface area contributed by atoms with Crippen LogP contribution in [-0.2, 0) is 14.8 Å². The van der Waals surface area contributed by atoms with Crippen LogP contribution in [0.5, 0.6) is 0 Å². The maximum atomic E-state index is 13.4. The summed E-state index contributed by atoms with van der Waals surface area (Å²) in [4.78, 5) is 27.6. The average Bonchev–Trinajstić information content (AvgIpc) is 3.29. The van der Waals surface area contributed by atoms with E-state index in [9.17, 15) is 22.4 Å². The molecular formula is C24H30FN5O4S. The van der Waals surface area contributed by atoms with Gasteiger partial charge < -0.3 is 16.4 Å². The van der Waals surface area contributed by atoms with Gasteiger partial charge in [-0.05, 0) is 69.0 Å². The number of carbonyl (C=O) groups is 2. The molecule has 1 unspecified atom stereocenters. The van der Waals surface area contributed by atoms with E-state index in [-0.39, 0.29) is 30.1 Å². The maximum absolute atomic E-state index is 13.4. The smallest absolute Gasteiger partial charge is 0.323 e. The lowest BCUT2D eigenvalue weighted by molar-refractivity contribution is -0.128. The quantitative estimate of drug-likeness (QED) is 0.578. The predicted octanol–water partition coefficient (Wildman–Crippen LogP) is 2.38. The SMILES string of the molecule is Cc1ccc(NC(=O)N2CCN(S(=O)(=O)c3ccc(F)cc3)C2C(=O)NC2CCC(N)CC2)cc1. The lowest BCUT2D eigenvalue weighted by atomic mass is 9.92. The number of hydrogen-bond donors (Lipinski definition) is 3. The molecule has 1 atom stereocenters. The van der Waals surface area contributed by atoms with Crippen LogP contribution in [0, 0.1) is 12.7 Å². The maximum Gasteiger partial charge on any atom is 0.323 e. The molecule has 4 rings (SSSR count). The van der Waals surface area contributed by atoms with Crippen LogP contribution in [0.3, 0.4) is 0 Å². The van der Waals surface area contributed by atoms with Crippen LogP contribution in [0.2, 0.25) is 0 Å². The molecule has 2 aliphatic rings. The summed E-state index contributed by atoms with van der Waals surface area (Å²) < 4.78 is 41.2. The number of hydrogen-bond acceptors (Lipinski definition) is 5. The Hall–Kier alpha value is -3.02. The molecule has 11 heteroatoms. The first-order valence-corrected chi connectivity index (χ1v) is 13.1. The fourth-order valence-electron chi connectivity index (χ4n) is 4.46. The number of sulfonamides is 1. The molecule has 1 aliphatic carbocycles. The monoisotopic (exact) mass is 503 g/mol. The fraction of sp³-hybridized carbons (Fsp3) is 0.417. The van der Waals surface area contributed by atoms with Crippen molar-refractivity contribution < 1.29 is 22.4 Å². The van der Waals surface area contributed by atoms with Gasteiger partial charge in [-0.3, -0.25) is 9.69 Å². The average molecular weight is 504 g/mol. The van der Waals surface area contributed by atoms with Crippen LogP contribution in [0.4, 0.5) is 14.9 Å². The van der Waals surface area contributed by atoms with E-state index >= 15 is 0 Å². The lowest BCUT2D eigenvalue weighted by Crippen LogP contribution is -2.56. The number of benzene rings is 2. The second-order valence-corrected chi connectivity index (χ2v) is 10.9. The van der Waals surface area contributed by atoms with Crippen molar-refractivity contribution in [1.29, 1.82) is 0 Å². The number of nitrogens with one attached hydrogen (secondary N) is 2. The predicted molar refractivity (Wildman–Crippen MR) is 129 cm³/mol. The summed E-state index contributed by atoms with van der Waals surface area (Å²) >= 11 is 0. The number of nitrogens with two attached hydrogens (primary N) is 1. The highest BCUT2D eigenvalue weighted by Gasteiger charge is 2.47. The number of urea groups is 1. The Morgan fingerprint density at radius 3 is 2.23 bits per heavy atom. The Labute approximate surface area is 204 Å². The summed E-state index contributed by atoms with van der Waals surface area (Å²) in [6.45, 7) is 1.86. The van der Waals surface area contributed by atoms with Gasteiger partial charge in [-0.25, -0.2) is 17.6 Å². The Balaban J connectivity index is 1.60. The van der Waals surface area contributed by atoms with Crippen LogP contribution >= 0.6 is 0 Å². The second-order valence-electron chi connectivity index (χ2n) is 9.05. The minimum absolute atomic E-state index is 0.0196. The van der Waals surface area contributed by atoms with Crippen molar-refractivity contribution in [3.05, 3.63) is 59.9 Å². The van der Waals surface area contributed by atoms with E-state index in [1.165, 1.54) is 4.90 Å². The number of carbonyl (C=O) groups excluding carboxylic acids is 2. The highest BCUT2D eigenvalue weighted by atomic mass is 32.2. The van der Waals surface area contributed by atoms with Crippen LogP contribution in [0.15, 0.2) is 53.4 Å². The van der Waals surface area contributed by atoms with Gasteiger partial charge in [0, 0.05) is 30.9 Å². The van der Waals surface area contributed by atoms with E-state index < -0.39 is 33.9 Å². The van der Waals surface area contributed by atoms with Gasteiger partial charge in [0.25, 0.3) is 5.91 Å². The van der Waals surface area contributed by atoms with Gasteiger partial charge in [-0.1, -0.05) is 17.7 Å². The van der Waals surface area contributed by atoms with Crippen LogP contribution < -0.4 is 16.4 Å². The van der Waals surface area contributed by atoms with Crippen LogP contribution in [0.25, 0.3) is 0 Å². The number of amides is 3. The number of anilines is 1. The summed E-state index contributed by atoms with van der Waals surface area (Å²) in [7, 11) is -4.18. The molecule has 0 radical (unpaired) electrons. The molecule has 188 valence electrons. The third kappa shape index (κ3) is 5.63. The Bertz CT molecular complexity index is 1170. The molecule has 2 aromatic carbocycles. The van der Waals surface area contributed by atoms with Gasteiger partial charge in [0.1, 0.15) is 5.82 Å². The molecule has 4 N–H and O–H groups in total. The van der Waals surface area contributed by atoms with Gasteiger partial charge in [0.15, 0.2) is 6.17 Å². The van der Waals surface area contributed by atoms with E-state index in [0.717, 1.165) is 47.0 Å². The minimum atomic E-state index is -4.18. The topological polar surface area (TPSA) is 125 Å². The van der Waals surface area contributed by atoms with E-state index in [1.54, 1.807) is 12.1 Å². The van der Waals surface area contributed by atoms with E-state index in [4.69, 9.17) is 5.73 Å². The molecule has 9 nitrogen and oxygen atoms in total. The van der Waals surface area contributed by atoms with Gasteiger partial charge in [-0.15, -0.1) is 0 Å². The first-order valence-electron chi connectivity index (χ1n) is 11.6. The summed E-state index contributed by atoms with van der Waals surface area (Å²) in [5, 5.41) is 5.66. The second kappa shape index (κ2) is 10.3.